The highest BCUT2D eigenvalue weighted by atomic mass is 35.5. The van der Waals surface area contributed by atoms with Gasteiger partial charge in [-0.05, 0) is 24.6 Å². The van der Waals surface area contributed by atoms with Crippen molar-refractivity contribution in [1.82, 2.24) is 4.72 Å². The normalized spacial score (nSPS) is 12.9. The van der Waals surface area contributed by atoms with E-state index in [0.717, 1.165) is 18.2 Å². The molecule has 1 rings (SSSR count). The topological polar surface area (TPSA) is 121 Å². The summed E-state index contributed by atoms with van der Waals surface area (Å²) in [6.07, 6.45) is -0.973. The van der Waals surface area contributed by atoms with Gasteiger partial charge in [-0.15, -0.1) is 0 Å². The van der Waals surface area contributed by atoms with E-state index in [0.29, 0.717) is 0 Å². The molecule has 0 aliphatic carbocycles. The summed E-state index contributed by atoms with van der Waals surface area (Å²) >= 11 is 5.60. The fourth-order valence-electron chi connectivity index (χ4n) is 1.44. The van der Waals surface area contributed by atoms with Crippen molar-refractivity contribution >= 4 is 33.6 Å². The van der Waals surface area contributed by atoms with Crippen LogP contribution in [0.25, 0.3) is 0 Å². The van der Waals surface area contributed by atoms with Crippen LogP contribution in [-0.4, -0.2) is 36.6 Å². The summed E-state index contributed by atoms with van der Waals surface area (Å²) < 4.78 is 38.7. The Morgan fingerprint density at radius 2 is 1.95 bits per heavy atom. The number of hydrogen-bond donors (Lipinski definition) is 3. The van der Waals surface area contributed by atoms with E-state index in [9.17, 15) is 22.4 Å². The molecule has 0 saturated heterocycles. The number of nitrogens with one attached hydrogen (secondary N) is 1. The highest BCUT2D eigenvalue weighted by Gasteiger charge is 2.27. The second-order valence-corrected chi connectivity index (χ2v) is 6.11. The van der Waals surface area contributed by atoms with Gasteiger partial charge in [0.05, 0.1) is 5.02 Å². The van der Waals surface area contributed by atoms with Crippen LogP contribution in [-0.2, 0) is 19.6 Å². The monoisotopic (exact) mass is 339 g/mol. The average molecular weight is 340 g/mol. The van der Waals surface area contributed by atoms with Gasteiger partial charge in [0, 0.05) is 6.42 Å². The second kappa shape index (κ2) is 6.83. The van der Waals surface area contributed by atoms with Gasteiger partial charge in [0.2, 0.25) is 10.0 Å². The van der Waals surface area contributed by atoms with Gasteiger partial charge in [-0.1, -0.05) is 11.6 Å². The molecule has 0 aliphatic heterocycles. The van der Waals surface area contributed by atoms with Crippen molar-refractivity contribution in [2.75, 3.05) is 0 Å². The molecule has 0 aliphatic rings. The lowest BCUT2D eigenvalue weighted by molar-refractivity contribution is -0.140. The minimum absolute atomic E-state index is 0.412. The summed E-state index contributed by atoms with van der Waals surface area (Å²) in [5.41, 5.74) is 0. The van der Waals surface area contributed by atoms with Crippen molar-refractivity contribution in [3.05, 3.63) is 29.0 Å². The van der Waals surface area contributed by atoms with Crippen LogP contribution in [0.1, 0.15) is 12.8 Å². The first kappa shape index (κ1) is 17.3. The maximum absolute atomic E-state index is 12.9. The van der Waals surface area contributed by atoms with E-state index >= 15 is 0 Å². The van der Waals surface area contributed by atoms with E-state index in [1.54, 1.807) is 0 Å². The van der Waals surface area contributed by atoms with Gasteiger partial charge in [0.25, 0.3) is 0 Å². The zero-order chi connectivity index (χ0) is 16.2. The first-order valence-corrected chi connectivity index (χ1v) is 7.41. The zero-order valence-electron chi connectivity index (χ0n) is 10.4. The molecule has 0 spiro atoms. The molecule has 10 heteroatoms. The lowest BCUT2D eigenvalue weighted by Gasteiger charge is -2.14. The molecular formula is C11H11ClFNO6S. The van der Waals surface area contributed by atoms with Gasteiger partial charge in [-0.25, -0.2) is 12.8 Å². The number of rotatable bonds is 7. The summed E-state index contributed by atoms with van der Waals surface area (Å²) in [6.45, 7) is 0. The molecule has 0 heterocycles. The van der Waals surface area contributed by atoms with E-state index < -0.39 is 56.6 Å². The lowest BCUT2D eigenvalue weighted by atomic mass is 10.2. The number of halogens is 2. The van der Waals surface area contributed by atoms with Gasteiger partial charge < -0.3 is 10.2 Å². The van der Waals surface area contributed by atoms with E-state index in [1.807, 2.05) is 4.72 Å². The van der Waals surface area contributed by atoms with Crippen molar-refractivity contribution in [2.45, 2.75) is 23.8 Å². The SMILES string of the molecule is O=C(O)CCC(NS(=O)(=O)c1ccc(F)cc1Cl)C(=O)O. The van der Waals surface area contributed by atoms with Gasteiger partial charge in [0.15, 0.2) is 0 Å². The third kappa shape index (κ3) is 4.96. The fourth-order valence-corrected chi connectivity index (χ4v) is 3.20. The van der Waals surface area contributed by atoms with Crippen molar-refractivity contribution in [3.63, 3.8) is 0 Å². The van der Waals surface area contributed by atoms with Crippen LogP contribution in [0.2, 0.25) is 5.02 Å². The van der Waals surface area contributed by atoms with Crippen LogP contribution in [0.15, 0.2) is 23.1 Å². The summed E-state index contributed by atoms with van der Waals surface area (Å²) in [5, 5.41) is 17.0. The van der Waals surface area contributed by atoms with E-state index in [2.05, 4.69) is 0 Å². The molecule has 0 amide bonds. The Balaban J connectivity index is 3.00. The third-order valence-electron chi connectivity index (χ3n) is 2.43. The Kier molecular flexibility index (Phi) is 5.64. The number of carboxylic acids is 2. The molecule has 116 valence electrons. The molecule has 0 aromatic heterocycles. The van der Waals surface area contributed by atoms with Gasteiger partial charge in [0.1, 0.15) is 16.8 Å². The Labute approximate surface area is 124 Å². The molecule has 0 fully saturated rings. The Hall–Kier alpha value is -1.71. The molecule has 0 saturated carbocycles. The summed E-state index contributed by atoms with van der Waals surface area (Å²) in [4.78, 5) is 20.9. The molecule has 1 atom stereocenters. The number of hydrogen-bond acceptors (Lipinski definition) is 4. The minimum Gasteiger partial charge on any atom is -0.481 e. The molecule has 1 aromatic rings. The summed E-state index contributed by atoms with van der Waals surface area (Å²) in [5.74, 6) is -3.54. The minimum atomic E-state index is -4.32. The maximum atomic E-state index is 12.9. The number of aliphatic carboxylic acids is 2. The largest absolute Gasteiger partial charge is 0.481 e. The molecule has 1 unspecified atom stereocenters. The van der Waals surface area contributed by atoms with Gasteiger partial charge in [-0.3, -0.25) is 9.59 Å². The van der Waals surface area contributed by atoms with E-state index in [4.69, 9.17) is 21.8 Å². The van der Waals surface area contributed by atoms with Crippen LogP contribution >= 0.6 is 11.6 Å². The van der Waals surface area contributed by atoms with Crippen molar-refractivity contribution in [3.8, 4) is 0 Å². The molecule has 0 bridgehead atoms. The Bertz CT molecular complexity index is 663. The first-order valence-electron chi connectivity index (χ1n) is 5.55. The predicted molar refractivity (Wildman–Crippen MR) is 70.0 cm³/mol. The van der Waals surface area contributed by atoms with Crippen molar-refractivity contribution < 1.29 is 32.6 Å². The molecule has 0 radical (unpaired) electrons. The molecular weight excluding hydrogens is 329 g/mol. The smallest absolute Gasteiger partial charge is 0.321 e. The molecule has 7 nitrogen and oxygen atoms in total. The standard InChI is InChI=1S/C11H11ClFNO6S/c12-7-5-6(13)1-3-9(7)21(19,20)14-8(11(17)18)2-4-10(15)16/h1,3,5,8,14H,2,4H2,(H,15,16)(H,17,18). The van der Waals surface area contributed by atoms with Crippen molar-refractivity contribution in [2.24, 2.45) is 0 Å². The highest BCUT2D eigenvalue weighted by Crippen LogP contribution is 2.22. The van der Waals surface area contributed by atoms with E-state index in [1.165, 1.54) is 0 Å². The highest BCUT2D eigenvalue weighted by molar-refractivity contribution is 7.89. The Morgan fingerprint density at radius 3 is 2.43 bits per heavy atom. The van der Waals surface area contributed by atoms with Crippen LogP contribution in [0.4, 0.5) is 4.39 Å². The van der Waals surface area contributed by atoms with Gasteiger partial charge in [-0.2, -0.15) is 4.72 Å². The second-order valence-electron chi connectivity index (χ2n) is 4.02. The predicted octanol–water partition coefficient (Wildman–Crippen LogP) is 1.08. The molecule has 3 N–H and O–H groups in total. The van der Waals surface area contributed by atoms with Gasteiger partial charge >= 0.3 is 11.9 Å². The van der Waals surface area contributed by atoms with Crippen molar-refractivity contribution in [1.29, 1.82) is 0 Å². The number of carbonyl (C=O) groups is 2. The molecule has 21 heavy (non-hydrogen) atoms. The van der Waals surface area contributed by atoms with Crippen LogP contribution in [0, 0.1) is 5.82 Å². The fraction of sp³-hybridized carbons (Fsp3) is 0.273. The maximum Gasteiger partial charge on any atom is 0.321 e. The van der Waals surface area contributed by atoms with Crippen LogP contribution in [0.5, 0.6) is 0 Å². The average Bonchev–Trinajstić information content (AvgIpc) is 2.33. The first-order chi connectivity index (χ1) is 9.63. The van der Waals surface area contributed by atoms with E-state index in [-0.39, 0.29) is 0 Å². The number of sulfonamides is 1. The lowest BCUT2D eigenvalue weighted by Crippen LogP contribution is -2.41. The zero-order valence-corrected chi connectivity index (χ0v) is 12.0. The van der Waals surface area contributed by atoms with Crippen LogP contribution < -0.4 is 4.72 Å². The Morgan fingerprint density at radius 1 is 1.33 bits per heavy atom. The summed E-state index contributed by atoms with van der Waals surface area (Å²) in [6, 6.07) is 0.874. The molecule has 1 aromatic carbocycles. The number of carboxylic acid groups (broad SMARTS) is 2. The summed E-state index contributed by atoms with van der Waals surface area (Å²) in [7, 11) is -4.32. The third-order valence-corrected chi connectivity index (χ3v) is 4.38. The quantitative estimate of drug-likeness (QED) is 0.683. The van der Waals surface area contributed by atoms with Crippen LogP contribution in [0.3, 0.4) is 0 Å². The number of benzene rings is 1.